The summed E-state index contributed by atoms with van der Waals surface area (Å²) in [5, 5.41) is 0. The lowest BCUT2D eigenvalue weighted by Gasteiger charge is -2.31. The summed E-state index contributed by atoms with van der Waals surface area (Å²) in [6.45, 7) is 3.95. The molecule has 0 radical (unpaired) electrons. The Morgan fingerprint density at radius 3 is 2.30 bits per heavy atom. The second-order valence-electron chi connectivity index (χ2n) is 7.54. The quantitative estimate of drug-likeness (QED) is 0.700. The Labute approximate surface area is 177 Å². The molecule has 2 aromatic carbocycles. The van der Waals surface area contributed by atoms with Crippen molar-refractivity contribution < 1.29 is 21.6 Å². The van der Waals surface area contributed by atoms with Gasteiger partial charge in [0.25, 0.3) is 5.91 Å². The average molecular weight is 452 g/mol. The Kier molecular flexibility index (Phi) is 6.21. The van der Waals surface area contributed by atoms with Gasteiger partial charge >= 0.3 is 0 Å². The van der Waals surface area contributed by atoms with E-state index >= 15 is 0 Å². The highest BCUT2D eigenvalue weighted by Gasteiger charge is 2.26. The van der Waals surface area contributed by atoms with E-state index < -0.39 is 20.0 Å². The highest BCUT2D eigenvalue weighted by molar-refractivity contribution is 7.92. The van der Waals surface area contributed by atoms with Crippen LogP contribution in [-0.4, -0.2) is 41.6 Å². The van der Waals surface area contributed by atoms with Crippen LogP contribution < -0.4 is 14.3 Å². The first-order chi connectivity index (χ1) is 14.0. The van der Waals surface area contributed by atoms with Crippen LogP contribution >= 0.6 is 0 Å². The van der Waals surface area contributed by atoms with E-state index in [1.165, 1.54) is 24.3 Å². The molecule has 0 aromatic heterocycles. The zero-order valence-corrected chi connectivity index (χ0v) is 18.7. The van der Waals surface area contributed by atoms with E-state index in [1.807, 2.05) is 0 Å². The van der Waals surface area contributed by atoms with Crippen molar-refractivity contribution in [3.63, 3.8) is 0 Å². The van der Waals surface area contributed by atoms with Gasteiger partial charge in [0.15, 0.2) is 0 Å². The SMILES string of the molecule is CC(C)NS(=O)(=O)c1ccc(C(=O)N2CCCc3c(NS(C)(=O)=O)cccc32)cc1. The zero-order valence-electron chi connectivity index (χ0n) is 17.0. The lowest BCUT2D eigenvalue weighted by molar-refractivity contribution is 0.0985. The van der Waals surface area contributed by atoms with E-state index in [2.05, 4.69) is 9.44 Å². The molecule has 30 heavy (non-hydrogen) atoms. The maximum absolute atomic E-state index is 13.1. The summed E-state index contributed by atoms with van der Waals surface area (Å²) in [7, 11) is -7.08. The van der Waals surface area contributed by atoms with Crippen LogP contribution in [0.5, 0.6) is 0 Å². The monoisotopic (exact) mass is 451 g/mol. The van der Waals surface area contributed by atoms with E-state index in [-0.39, 0.29) is 16.8 Å². The summed E-state index contributed by atoms with van der Waals surface area (Å²) >= 11 is 0. The van der Waals surface area contributed by atoms with Crippen LogP contribution in [0.25, 0.3) is 0 Å². The second-order valence-corrected chi connectivity index (χ2v) is 11.0. The summed E-state index contributed by atoms with van der Waals surface area (Å²) in [5.74, 6) is -0.270. The topological polar surface area (TPSA) is 113 Å². The molecule has 0 aliphatic carbocycles. The number of carbonyl (C=O) groups is 1. The highest BCUT2D eigenvalue weighted by atomic mass is 32.2. The predicted molar refractivity (Wildman–Crippen MR) is 117 cm³/mol. The number of nitrogens with one attached hydrogen (secondary N) is 2. The average Bonchev–Trinajstić information content (AvgIpc) is 2.65. The van der Waals surface area contributed by atoms with Crippen LogP contribution in [0, 0.1) is 0 Å². The van der Waals surface area contributed by atoms with Gasteiger partial charge in [0, 0.05) is 29.4 Å². The summed E-state index contributed by atoms with van der Waals surface area (Å²) in [6, 6.07) is 10.7. The molecule has 0 spiro atoms. The van der Waals surface area contributed by atoms with Gasteiger partial charge in [-0.05, 0) is 63.1 Å². The highest BCUT2D eigenvalue weighted by Crippen LogP contribution is 2.34. The van der Waals surface area contributed by atoms with Crippen molar-refractivity contribution >= 4 is 37.3 Å². The van der Waals surface area contributed by atoms with Crippen molar-refractivity contribution in [3.05, 3.63) is 53.6 Å². The third kappa shape index (κ3) is 5.00. The molecule has 2 N–H and O–H groups in total. The van der Waals surface area contributed by atoms with Gasteiger partial charge < -0.3 is 4.90 Å². The van der Waals surface area contributed by atoms with E-state index in [1.54, 1.807) is 36.9 Å². The molecule has 0 fully saturated rings. The van der Waals surface area contributed by atoms with Crippen molar-refractivity contribution in [2.75, 3.05) is 22.4 Å². The molecule has 1 amide bonds. The van der Waals surface area contributed by atoms with Crippen LogP contribution in [0.15, 0.2) is 47.4 Å². The number of rotatable bonds is 6. The van der Waals surface area contributed by atoms with Crippen molar-refractivity contribution in [3.8, 4) is 0 Å². The van der Waals surface area contributed by atoms with Crippen molar-refractivity contribution in [1.82, 2.24) is 4.72 Å². The van der Waals surface area contributed by atoms with E-state index in [0.717, 1.165) is 11.8 Å². The summed E-state index contributed by atoms with van der Waals surface area (Å²) < 4.78 is 52.9. The normalized spacial score (nSPS) is 14.5. The van der Waals surface area contributed by atoms with Crippen LogP contribution in [-0.2, 0) is 26.5 Å². The maximum Gasteiger partial charge on any atom is 0.258 e. The number of carbonyl (C=O) groups excluding carboxylic acids is 1. The molecule has 0 saturated carbocycles. The van der Waals surface area contributed by atoms with Crippen LogP contribution in [0.2, 0.25) is 0 Å². The molecular weight excluding hydrogens is 426 g/mol. The number of fused-ring (bicyclic) bond motifs is 1. The molecule has 0 saturated heterocycles. The Hall–Kier alpha value is -2.43. The van der Waals surface area contributed by atoms with Crippen LogP contribution in [0.1, 0.15) is 36.2 Å². The van der Waals surface area contributed by atoms with Gasteiger partial charge in [-0.3, -0.25) is 9.52 Å². The fourth-order valence-electron chi connectivity index (χ4n) is 3.44. The number of hydrogen-bond acceptors (Lipinski definition) is 5. The van der Waals surface area contributed by atoms with Gasteiger partial charge in [-0.1, -0.05) is 6.07 Å². The Morgan fingerprint density at radius 1 is 1.03 bits per heavy atom. The molecule has 0 atom stereocenters. The number of nitrogens with zero attached hydrogens (tertiary/aromatic N) is 1. The smallest absolute Gasteiger partial charge is 0.258 e. The van der Waals surface area contributed by atoms with Crippen molar-refractivity contribution in [2.45, 2.75) is 37.6 Å². The van der Waals surface area contributed by atoms with E-state index in [9.17, 15) is 21.6 Å². The Balaban J connectivity index is 1.90. The van der Waals surface area contributed by atoms with Gasteiger partial charge in [0.2, 0.25) is 20.0 Å². The number of anilines is 2. The van der Waals surface area contributed by atoms with Gasteiger partial charge in [-0.25, -0.2) is 21.6 Å². The van der Waals surface area contributed by atoms with Crippen LogP contribution in [0.4, 0.5) is 11.4 Å². The summed E-state index contributed by atoms with van der Waals surface area (Å²) in [6.07, 6.45) is 2.42. The zero-order chi connectivity index (χ0) is 22.1. The molecule has 10 heteroatoms. The standard InChI is InChI=1S/C20H25N3O5S2/c1-14(2)21-30(27,28)16-11-9-15(10-12-16)20(24)23-13-5-6-17-18(22-29(3,25)26)7-4-8-19(17)23/h4,7-12,14,21-22H,5-6,13H2,1-3H3. The number of amides is 1. The van der Waals surface area contributed by atoms with E-state index in [0.29, 0.717) is 36.3 Å². The maximum atomic E-state index is 13.1. The predicted octanol–water partition coefficient (Wildman–Crippen LogP) is 2.34. The molecule has 1 aliphatic rings. The van der Waals surface area contributed by atoms with Gasteiger partial charge in [0.1, 0.15) is 0 Å². The van der Waals surface area contributed by atoms with Gasteiger partial charge in [0.05, 0.1) is 16.8 Å². The minimum absolute atomic E-state index is 0.0893. The molecule has 3 rings (SSSR count). The molecule has 1 aliphatic heterocycles. The first kappa shape index (κ1) is 22.3. The third-order valence-electron chi connectivity index (χ3n) is 4.59. The molecule has 2 aromatic rings. The van der Waals surface area contributed by atoms with Gasteiger partial charge in [-0.15, -0.1) is 0 Å². The molecule has 1 heterocycles. The lowest BCUT2D eigenvalue weighted by atomic mass is 9.99. The number of benzene rings is 2. The summed E-state index contributed by atoms with van der Waals surface area (Å²) in [5.41, 5.74) is 2.24. The third-order valence-corrected chi connectivity index (χ3v) is 6.86. The van der Waals surface area contributed by atoms with Gasteiger partial charge in [-0.2, -0.15) is 0 Å². The number of sulfonamides is 2. The first-order valence-corrected chi connectivity index (χ1v) is 12.9. The molecule has 0 unspecified atom stereocenters. The fourth-order valence-corrected chi connectivity index (χ4v) is 5.28. The van der Waals surface area contributed by atoms with Crippen molar-refractivity contribution in [2.24, 2.45) is 0 Å². The fraction of sp³-hybridized carbons (Fsp3) is 0.350. The minimum atomic E-state index is -3.64. The molecule has 162 valence electrons. The molecule has 8 nitrogen and oxygen atoms in total. The van der Waals surface area contributed by atoms with E-state index in [4.69, 9.17) is 0 Å². The Bertz CT molecular complexity index is 1160. The molecule has 0 bridgehead atoms. The van der Waals surface area contributed by atoms with Crippen molar-refractivity contribution in [1.29, 1.82) is 0 Å². The largest absolute Gasteiger partial charge is 0.308 e. The van der Waals surface area contributed by atoms with Crippen LogP contribution in [0.3, 0.4) is 0 Å². The minimum Gasteiger partial charge on any atom is -0.308 e. The molecular formula is C20H25N3O5S2. The summed E-state index contributed by atoms with van der Waals surface area (Å²) in [4.78, 5) is 14.8. The first-order valence-electron chi connectivity index (χ1n) is 9.52. The number of hydrogen-bond donors (Lipinski definition) is 2. The lowest BCUT2D eigenvalue weighted by Crippen LogP contribution is -2.36. The second kappa shape index (κ2) is 8.37. The Morgan fingerprint density at radius 2 is 1.70 bits per heavy atom.